The van der Waals surface area contributed by atoms with Gasteiger partial charge in [0.15, 0.2) is 0 Å². The molecular weight excluding hydrogens is 619 g/mol. The van der Waals surface area contributed by atoms with Crippen molar-refractivity contribution in [2.75, 3.05) is 0 Å². The topological polar surface area (TPSA) is 33.6 Å². The second kappa shape index (κ2) is 11.3. The van der Waals surface area contributed by atoms with Crippen LogP contribution in [0, 0.1) is 18.3 Å². The Morgan fingerprint density at radius 2 is 0.706 bits per heavy atom. The van der Waals surface area contributed by atoms with Gasteiger partial charge in [-0.2, -0.15) is 5.26 Å². The smallest absolute Gasteiger partial charge is 0.101 e. The molecule has 7 rings (SSSR count). The van der Waals surface area contributed by atoms with Gasteiger partial charge in [0, 0.05) is 21.5 Å². The number of fused-ring (bicyclic) bond motifs is 6. The molecule has 0 aliphatic carbocycles. The molecule has 0 N–H and O–H groups in total. The van der Waals surface area contributed by atoms with Crippen LogP contribution in [0.25, 0.3) is 55.0 Å². The number of aromatic nitrogens is 2. The third-order valence-electron chi connectivity index (χ3n) is 10.9. The van der Waals surface area contributed by atoms with Gasteiger partial charge in [-0.3, -0.25) is 0 Å². The van der Waals surface area contributed by atoms with E-state index in [1.165, 1.54) is 43.8 Å². The molecule has 0 fully saturated rings. The highest BCUT2D eigenvalue weighted by Gasteiger charge is 2.25. The average molecular weight is 672 g/mol. The number of aryl methyl sites for hydroxylation is 1. The van der Waals surface area contributed by atoms with E-state index in [4.69, 9.17) is 0 Å². The van der Waals surface area contributed by atoms with Gasteiger partial charge in [0.1, 0.15) is 6.07 Å². The average Bonchev–Trinajstić information content (AvgIpc) is 3.54. The van der Waals surface area contributed by atoms with Gasteiger partial charge < -0.3 is 9.13 Å². The highest BCUT2D eigenvalue weighted by atomic mass is 15.0. The molecule has 0 unspecified atom stereocenters. The first-order valence-electron chi connectivity index (χ1n) is 18.4. The Morgan fingerprint density at radius 1 is 0.412 bits per heavy atom. The molecule has 0 amide bonds. The van der Waals surface area contributed by atoms with Crippen molar-refractivity contribution in [1.29, 1.82) is 5.26 Å². The van der Waals surface area contributed by atoms with Crippen LogP contribution < -0.4 is 0 Å². The third-order valence-corrected chi connectivity index (χ3v) is 10.9. The lowest BCUT2D eigenvalue weighted by Gasteiger charge is -2.20. The minimum atomic E-state index is 0.0178. The van der Waals surface area contributed by atoms with E-state index in [1.54, 1.807) is 0 Å². The predicted molar refractivity (Wildman–Crippen MR) is 219 cm³/mol. The van der Waals surface area contributed by atoms with Crippen LogP contribution in [0.15, 0.2) is 84.9 Å². The Balaban J connectivity index is 1.53. The normalized spacial score (nSPS) is 13.2. The molecule has 3 nitrogen and oxygen atoms in total. The van der Waals surface area contributed by atoms with Crippen molar-refractivity contribution < 1.29 is 0 Å². The maximum atomic E-state index is 10.9. The maximum Gasteiger partial charge on any atom is 0.101 e. The van der Waals surface area contributed by atoms with E-state index in [-0.39, 0.29) is 21.7 Å². The summed E-state index contributed by atoms with van der Waals surface area (Å²) < 4.78 is 4.69. The fraction of sp³-hybridized carbons (Fsp3) is 0.354. The van der Waals surface area contributed by atoms with Gasteiger partial charge in [-0.25, -0.2) is 0 Å². The molecule has 0 spiro atoms. The van der Waals surface area contributed by atoms with Gasteiger partial charge in [-0.15, -0.1) is 0 Å². The van der Waals surface area contributed by atoms with Crippen molar-refractivity contribution in [2.45, 2.75) is 112 Å². The van der Waals surface area contributed by atoms with Crippen LogP contribution in [-0.2, 0) is 21.7 Å². The molecule has 0 aliphatic heterocycles. The molecule has 0 bridgehead atoms. The highest BCUT2D eigenvalue weighted by molar-refractivity contribution is 6.11. The number of nitrogens with zero attached hydrogens (tertiary/aromatic N) is 3. The third kappa shape index (κ3) is 5.74. The number of hydrogen-bond donors (Lipinski definition) is 0. The standard InChI is InChI=1S/C48H53N3/c1-29-22-44(51-41-20-16-33(47(8,9)10)26-37(41)38-27-34(48(11,12)13)17-21-42(38)51)30(28-49)23-43(29)50-39-18-14-31(45(2,3)4)24-35(39)36-25-32(46(5,6)7)15-19-40(36)50/h14-27H,1-13H3. The van der Waals surface area contributed by atoms with Crippen LogP contribution >= 0.6 is 0 Å². The molecule has 3 heteroatoms. The quantitative estimate of drug-likeness (QED) is 0.180. The maximum absolute atomic E-state index is 10.9. The monoisotopic (exact) mass is 671 g/mol. The lowest BCUT2D eigenvalue weighted by atomic mass is 9.85. The second-order valence-electron chi connectivity index (χ2n) is 18.9. The van der Waals surface area contributed by atoms with E-state index >= 15 is 0 Å². The Bertz CT molecular complexity index is 2430. The molecule has 0 aliphatic rings. The first kappa shape index (κ1) is 34.6. The molecule has 2 aromatic heterocycles. The molecule has 260 valence electrons. The van der Waals surface area contributed by atoms with Gasteiger partial charge in [-0.1, -0.05) is 107 Å². The van der Waals surface area contributed by atoms with Crippen LogP contribution in [-0.4, -0.2) is 9.13 Å². The van der Waals surface area contributed by atoms with Crippen LogP contribution in [0.3, 0.4) is 0 Å². The van der Waals surface area contributed by atoms with E-state index in [0.29, 0.717) is 5.56 Å². The molecule has 5 aromatic carbocycles. The fourth-order valence-corrected chi connectivity index (χ4v) is 7.63. The van der Waals surface area contributed by atoms with Crippen molar-refractivity contribution in [2.24, 2.45) is 0 Å². The summed E-state index contributed by atoms with van der Waals surface area (Å²) in [6, 6.07) is 34.6. The number of hydrogen-bond acceptors (Lipinski definition) is 1. The minimum absolute atomic E-state index is 0.0178. The van der Waals surface area contributed by atoms with Gasteiger partial charge >= 0.3 is 0 Å². The van der Waals surface area contributed by atoms with Gasteiger partial charge in [0.2, 0.25) is 0 Å². The fourth-order valence-electron chi connectivity index (χ4n) is 7.63. The molecule has 7 aromatic rings. The number of nitriles is 1. The van der Waals surface area contributed by atoms with Crippen molar-refractivity contribution in [3.8, 4) is 17.4 Å². The highest BCUT2D eigenvalue weighted by Crippen LogP contribution is 2.41. The van der Waals surface area contributed by atoms with Gasteiger partial charge in [-0.05, 0) is 117 Å². The van der Waals surface area contributed by atoms with Crippen LogP contribution in [0.5, 0.6) is 0 Å². The summed E-state index contributed by atoms with van der Waals surface area (Å²) >= 11 is 0. The summed E-state index contributed by atoms with van der Waals surface area (Å²) in [7, 11) is 0. The van der Waals surface area contributed by atoms with Crippen molar-refractivity contribution in [1.82, 2.24) is 9.13 Å². The van der Waals surface area contributed by atoms with Gasteiger partial charge in [0.25, 0.3) is 0 Å². The lowest BCUT2D eigenvalue weighted by molar-refractivity contribution is 0.590. The molecule has 0 saturated heterocycles. The molecule has 0 atom stereocenters. The van der Waals surface area contributed by atoms with Crippen LogP contribution in [0.2, 0.25) is 0 Å². The predicted octanol–water partition coefficient (Wildman–Crippen LogP) is 13.3. The largest absolute Gasteiger partial charge is 0.309 e. The second-order valence-corrected chi connectivity index (χ2v) is 18.9. The van der Waals surface area contributed by atoms with E-state index in [2.05, 4.69) is 190 Å². The lowest BCUT2D eigenvalue weighted by Crippen LogP contribution is -2.10. The molecule has 0 saturated carbocycles. The van der Waals surface area contributed by atoms with E-state index in [9.17, 15) is 5.26 Å². The molecule has 0 radical (unpaired) electrons. The summed E-state index contributed by atoms with van der Waals surface area (Å²) in [5.74, 6) is 0. The zero-order valence-corrected chi connectivity index (χ0v) is 32.9. The Hall–Kier alpha value is -4.81. The zero-order chi connectivity index (χ0) is 37.0. The van der Waals surface area contributed by atoms with E-state index in [1.807, 2.05) is 0 Å². The van der Waals surface area contributed by atoms with E-state index < -0.39 is 0 Å². The summed E-state index contributed by atoms with van der Waals surface area (Å²) in [5, 5.41) is 15.8. The zero-order valence-electron chi connectivity index (χ0n) is 32.9. The van der Waals surface area contributed by atoms with Crippen molar-refractivity contribution in [3.63, 3.8) is 0 Å². The Morgan fingerprint density at radius 3 is 0.980 bits per heavy atom. The first-order valence-corrected chi connectivity index (χ1v) is 18.4. The van der Waals surface area contributed by atoms with Crippen molar-refractivity contribution >= 4 is 43.6 Å². The van der Waals surface area contributed by atoms with Crippen molar-refractivity contribution in [3.05, 3.63) is 118 Å². The summed E-state index contributed by atoms with van der Waals surface area (Å²) in [4.78, 5) is 0. The van der Waals surface area contributed by atoms with E-state index in [0.717, 1.165) is 39.0 Å². The number of rotatable bonds is 2. The SMILES string of the molecule is Cc1cc(-n2c3ccc(C(C)(C)C)cc3c3cc(C(C)(C)C)ccc32)c(C#N)cc1-n1c2ccc(C(C)(C)C)cc2c2cc(C(C)(C)C)ccc21. The summed E-state index contributed by atoms with van der Waals surface area (Å²) in [6.45, 7) is 29.5. The molecule has 2 heterocycles. The Labute approximate surface area is 304 Å². The van der Waals surface area contributed by atoms with Crippen LogP contribution in [0.4, 0.5) is 0 Å². The molecular formula is C48H53N3. The van der Waals surface area contributed by atoms with Gasteiger partial charge in [0.05, 0.1) is 39.0 Å². The van der Waals surface area contributed by atoms with Crippen LogP contribution in [0.1, 0.15) is 116 Å². The summed E-state index contributed by atoms with van der Waals surface area (Å²) in [5.41, 5.74) is 13.6. The summed E-state index contributed by atoms with van der Waals surface area (Å²) in [6.07, 6.45) is 0. The number of benzene rings is 5. The Kier molecular flexibility index (Phi) is 7.70. The minimum Gasteiger partial charge on any atom is -0.309 e. The first-order chi connectivity index (χ1) is 23.7. The molecule has 51 heavy (non-hydrogen) atoms.